The Balaban J connectivity index is 0.00000324. The van der Waals surface area contributed by atoms with Gasteiger partial charge in [0.25, 0.3) is 0 Å². The lowest BCUT2D eigenvalue weighted by atomic mass is 10.4. The Morgan fingerprint density at radius 2 is 2.11 bits per heavy atom. The molecule has 2 N–H and O–H groups in total. The quantitative estimate of drug-likeness (QED) is 0.461. The van der Waals surface area contributed by atoms with Crippen molar-refractivity contribution < 1.29 is 17.6 Å². The van der Waals surface area contributed by atoms with Gasteiger partial charge < -0.3 is 15.1 Å². The van der Waals surface area contributed by atoms with E-state index < -0.39 is 12.6 Å². The highest BCUT2D eigenvalue weighted by atomic mass is 127. The first-order chi connectivity index (χ1) is 8.51. The Kier molecular flexibility index (Phi) is 8.61. The summed E-state index contributed by atoms with van der Waals surface area (Å²) in [6.45, 7) is 2.51. The Morgan fingerprint density at radius 3 is 2.63 bits per heavy atom. The van der Waals surface area contributed by atoms with Gasteiger partial charge in [0, 0.05) is 13.1 Å². The standard InChI is InChI=1S/C11H16F3N3O.HI/c1-2-15-10(16-6-5-11(12,13)14)17-8-9-4-3-7-18-9;/h3-4,7H,2,5-6,8H2,1H3,(H2,15,16,17);1H. The summed E-state index contributed by atoms with van der Waals surface area (Å²) < 4.78 is 41.0. The van der Waals surface area contributed by atoms with Gasteiger partial charge in [-0.15, -0.1) is 24.0 Å². The summed E-state index contributed by atoms with van der Waals surface area (Å²) in [6.07, 6.45) is -3.53. The summed E-state index contributed by atoms with van der Waals surface area (Å²) in [4.78, 5) is 4.11. The molecule has 0 amide bonds. The highest BCUT2D eigenvalue weighted by Crippen LogP contribution is 2.18. The molecule has 1 aromatic rings. The first-order valence-corrected chi connectivity index (χ1v) is 5.62. The van der Waals surface area contributed by atoms with Gasteiger partial charge in [-0.1, -0.05) is 0 Å². The number of nitrogens with one attached hydrogen (secondary N) is 2. The number of halogens is 4. The minimum absolute atomic E-state index is 0. The lowest BCUT2D eigenvalue weighted by Gasteiger charge is -2.12. The Morgan fingerprint density at radius 1 is 1.37 bits per heavy atom. The molecule has 0 aliphatic carbocycles. The van der Waals surface area contributed by atoms with E-state index in [2.05, 4.69) is 15.6 Å². The number of hydrogen-bond acceptors (Lipinski definition) is 2. The van der Waals surface area contributed by atoms with Crippen LogP contribution < -0.4 is 10.6 Å². The third kappa shape index (κ3) is 8.73. The van der Waals surface area contributed by atoms with Gasteiger partial charge in [-0.2, -0.15) is 13.2 Å². The van der Waals surface area contributed by atoms with Gasteiger partial charge in [0.1, 0.15) is 12.3 Å². The Hall–Kier alpha value is -0.930. The van der Waals surface area contributed by atoms with E-state index in [0.717, 1.165) is 0 Å². The topological polar surface area (TPSA) is 49.6 Å². The molecule has 110 valence electrons. The van der Waals surface area contributed by atoms with Crippen molar-refractivity contribution in [2.45, 2.75) is 26.1 Å². The molecule has 1 heterocycles. The number of hydrogen-bond donors (Lipinski definition) is 2. The van der Waals surface area contributed by atoms with E-state index in [-0.39, 0.29) is 37.1 Å². The van der Waals surface area contributed by atoms with E-state index in [0.29, 0.717) is 18.3 Å². The summed E-state index contributed by atoms with van der Waals surface area (Å²) in [5, 5.41) is 5.48. The zero-order valence-corrected chi connectivity index (χ0v) is 12.8. The summed E-state index contributed by atoms with van der Waals surface area (Å²) in [5.74, 6) is 1.00. The van der Waals surface area contributed by atoms with Crippen LogP contribution in [0.1, 0.15) is 19.1 Å². The van der Waals surface area contributed by atoms with Crippen LogP contribution in [-0.2, 0) is 6.54 Å². The maximum absolute atomic E-state index is 12.0. The molecule has 0 bridgehead atoms. The first kappa shape index (κ1) is 18.1. The molecule has 0 aromatic carbocycles. The van der Waals surface area contributed by atoms with Crippen molar-refractivity contribution in [1.29, 1.82) is 0 Å². The molecule has 8 heteroatoms. The third-order valence-electron chi connectivity index (χ3n) is 2.02. The molecule has 0 saturated heterocycles. The molecule has 0 spiro atoms. The van der Waals surface area contributed by atoms with Gasteiger partial charge in [-0.05, 0) is 19.1 Å². The number of furan rings is 1. The van der Waals surface area contributed by atoms with E-state index in [1.54, 1.807) is 12.1 Å². The highest BCUT2D eigenvalue weighted by Gasteiger charge is 2.26. The van der Waals surface area contributed by atoms with Crippen LogP contribution in [0.25, 0.3) is 0 Å². The van der Waals surface area contributed by atoms with Crippen molar-refractivity contribution in [3.63, 3.8) is 0 Å². The molecule has 0 aliphatic heterocycles. The van der Waals surface area contributed by atoms with Crippen molar-refractivity contribution in [2.75, 3.05) is 13.1 Å². The third-order valence-corrected chi connectivity index (χ3v) is 2.02. The van der Waals surface area contributed by atoms with Crippen molar-refractivity contribution in [3.05, 3.63) is 24.2 Å². The first-order valence-electron chi connectivity index (χ1n) is 5.62. The van der Waals surface area contributed by atoms with Crippen LogP contribution in [0.4, 0.5) is 13.2 Å². The predicted molar refractivity (Wildman–Crippen MR) is 77.6 cm³/mol. The monoisotopic (exact) mass is 391 g/mol. The molecule has 0 fully saturated rings. The molecular weight excluding hydrogens is 374 g/mol. The van der Waals surface area contributed by atoms with E-state index >= 15 is 0 Å². The van der Waals surface area contributed by atoms with Crippen LogP contribution in [0.15, 0.2) is 27.8 Å². The summed E-state index contributed by atoms with van der Waals surface area (Å²) in [6, 6.07) is 3.48. The predicted octanol–water partition coefficient (Wildman–Crippen LogP) is 2.91. The number of alkyl halides is 3. The van der Waals surface area contributed by atoms with Gasteiger partial charge in [0.05, 0.1) is 12.7 Å². The highest BCUT2D eigenvalue weighted by molar-refractivity contribution is 14.0. The largest absolute Gasteiger partial charge is 0.467 e. The average molecular weight is 391 g/mol. The number of aliphatic imine (C=N–C) groups is 1. The number of guanidine groups is 1. The maximum Gasteiger partial charge on any atom is 0.390 e. The van der Waals surface area contributed by atoms with Crippen molar-refractivity contribution >= 4 is 29.9 Å². The van der Waals surface area contributed by atoms with E-state index in [1.165, 1.54) is 6.26 Å². The molecule has 0 saturated carbocycles. The number of nitrogens with zero attached hydrogens (tertiary/aromatic N) is 1. The second-order valence-corrected chi connectivity index (χ2v) is 3.57. The van der Waals surface area contributed by atoms with Crippen LogP contribution in [0, 0.1) is 0 Å². The zero-order chi connectivity index (χ0) is 13.4. The van der Waals surface area contributed by atoms with Gasteiger partial charge in [0.2, 0.25) is 0 Å². The molecule has 0 radical (unpaired) electrons. The average Bonchev–Trinajstić information content (AvgIpc) is 2.77. The zero-order valence-electron chi connectivity index (χ0n) is 10.5. The van der Waals surface area contributed by atoms with Crippen molar-refractivity contribution in [3.8, 4) is 0 Å². The molecule has 1 aromatic heterocycles. The normalized spacial score (nSPS) is 11.9. The van der Waals surface area contributed by atoms with E-state index in [4.69, 9.17) is 4.42 Å². The van der Waals surface area contributed by atoms with Crippen molar-refractivity contribution in [2.24, 2.45) is 4.99 Å². The summed E-state index contributed by atoms with van der Waals surface area (Å²) >= 11 is 0. The van der Waals surface area contributed by atoms with Crippen LogP contribution in [0.5, 0.6) is 0 Å². The minimum atomic E-state index is -4.16. The molecule has 4 nitrogen and oxygen atoms in total. The van der Waals surface area contributed by atoms with Crippen LogP contribution in [-0.4, -0.2) is 25.2 Å². The van der Waals surface area contributed by atoms with Crippen LogP contribution in [0.2, 0.25) is 0 Å². The molecule has 0 aliphatic rings. The van der Waals surface area contributed by atoms with Gasteiger partial charge in [-0.25, -0.2) is 4.99 Å². The van der Waals surface area contributed by atoms with Crippen LogP contribution >= 0.6 is 24.0 Å². The lowest BCUT2D eigenvalue weighted by Crippen LogP contribution is -2.38. The van der Waals surface area contributed by atoms with E-state index in [1.807, 2.05) is 6.92 Å². The second-order valence-electron chi connectivity index (χ2n) is 3.57. The van der Waals surface area contributed by atoms with Gasteiger partial charge in [-0.3, -0.25) is 0 Å². The smallest absolute Gasteiger partial charge is 0.390 e. The molecule has 1 rings (SSSR count). The number of rotatable bonds is 5. The summed E-state index contributed by atoms with van der Waals surface area (Å²) in [5.41, 5.74) is 0. The van der Waals surface area contributed by atoms with E-state index in [9.17, 15) is 13.2 Å². The lowest BCUT2D eigenvalue weighted by molar-refractivity contribution is -0.132. The fourth-order valence-corrected chi connectivity index (χ4v) is 1.22. The maximum atomic E-state index is 12.0. The Labute approximate surface area is 126 Å². The molecule has 0 atom stereocenters. The second kappa shape index (κ2) is 9.05. The molecular formula is C11H17F3IN3O. The molecule has 19 heavy (non-hydrogen) atoms. The fourth-order valence-electron chi connectivity index (χ4n) is 1.22. The minimum Gasteiger partial charge on any atom is -0.467 e. The molecule has 0 unspecified atom stereocenters. The van der Waals surface area contributed by atoms with Gasteiger partial charge in [0.15, 0.2) is 5.96 Å². The Bertz CT molecular complexity index is 366. The summed E-state index contributed by atoms with van der Waals surface area (Å²) in [7, 11) is 0. The fraction of sp³-hybridized carbons (Fsp3) is 0.545. The SMILES string of the molecule is CCNC(=NCc1ccco1)NCCC(F)(F)F.I. The van der Waals surface area contributed by atoms with Gasteiger partial charge >= 0.3 is 6.18 Å². The van der Waals surface area contributed by atoms with Crippen LogP contribution in [0.3, 0.4) is 0 Å². The van der Waals surface area contributed by atoms with Crippen molar-refractivity contribution in [1.82, 2.24) is 10.6 Å².